The maximum absolute atomic E-state index is 13.3. The van der Waals surface area contributed by atoms with Gasteiger partial charge >= 0.3 is 0 Å². The van der Waals surface area contributed by atoms with Gasteiger partial charge < -0.3 is 0 Å². The third-order valence-electron chi connectivity index (χ3n) is 8.40. The number of sulfone groups is 2. The van der Waals surface area contributed by atoms with Gasteiger partial charge in [-0.15, -0.1) is 0 Å². The zero-order valence-corrected chi connectivity index (χ0v) is 27.2. The minimum atomic E-state index is -3.18. The van der Waals surface area contributed by atoms with E-state index >= 15 is 0 Å². The Labute approximate surface area is 265 Å². The molecule has 0 saturated heterocycles. The Morgan fingerprint density at radius 2 is 0.844 bits per heavy atom. The first-order chi connectivity index (χ1) is 21.3. The summed E-state index contributed by atoms with van der Waals surface area (Å²) >= 11 is 0. The molecule has 0 radical (unpaired) electrons. The van der Waals surface area contributed by atoms with E-state index in [4.69, 9.17) is 0 Å². The minimum absolute atomic E-state index is 0.219. The molecule has 234 valence electrons. The Hall–Kier alpha value is -3.88. The van der Waals surface area contributed by atoms with Crippen molar-refractivity contribution in [3.8, 4) is 0 Å². The van der Waals surface area contributed by atoms with Crippen LogP contribution in [0.5, 0.6) is 0 Å². The van der Waals surface area contributed by atoms with Crippen LogP contribution in [0.1, 0.15) is 66.3 Å². The van der Waals surface area contributed by atoms with Crippen LogP contribution in [0, 0.1) is 18.6 Å². The second kappa shape index (κ2) is 13.2. The average Bonchev–Trinajstić information content (AvgIpc) is 3.68. The Bertz CT molecular complexity index is 1990. The van der Waals surface area contributed by atoms with Crippen molar-refractivity contribution in [2.24, 2.45) is 0 Å². The zero-order valence-electron chi connectivity index (χ0n) is 25.6. The first-order valence-corrected chi connectivity index (χ1v) is 18.7. The van der Waals surface area contributed by atoms with E-state index in [-0.39, 0.29) is 11.6 Å². The molecular weight excluding hydrogens is 611 g/mol. The molecule has 2 aliphatic rings. The molecule has 0 amide bonds. The molecule has 4 nitrogen and oxygen atoms in total. The van der Waals surface area contributed by atoms with Crippen LogP contribution in [0.3, 0.4) is 0 Å². The van der Waals surface area contributed by atoms with Gasteiger partial charge in [0.05, 0.1) is 9.79 Å². The van der Waals surface area contributed by atoms with Crippen molar-refractivity contribution in [1.29, 1.82) is 0 Å². The summed E-state index contributed by atoms with van der Waals surface area (Å²) in [5.41, 5.74) is 10.1. The van der Waals surface area contributed by atoms with Gasteiger partial charge in [-0.05, 0) is 144 Å². The molecule has 6 rings (SSSR count). The summed E-state index contributed by atoms with van der Waals surface area (Å²) in [5.74, 6) is -0.453. The van der Waals surface area contributed by atoms with Crippen LogP contribution < -0.4 is 0 Å². The van der Waals surface area contributed by atoms with Crippen molar-refractivity contribution in [3.05, 3.63) is 130 Å². The maximum Gasteiger partial charge on any atom is 0.175 e. The molecule has 45 heavy (non-hydrogen) atoms. The fraction of sp³-hybridized carbons (Fsp3) is 0.243. The quantitative estimate of drug-likeness (QED) is 0.210. The molecule has 4 aromatic rings. The highest BCUT2D eigenvalue weighted by Gasteiger charge is 2.20. The van der Waals surface area contributed by atoms with Crippen LogP contribution >= 0.6 is 0 Å². The molecule has 0 atom stereocenters. The summed E-state index contributed by atoms with van der Waals surface area (Å²) < 4.78 is 72.6. The third-order valence-corrected chi connectivity index (χ3v) is 10.7. The van der Waals surface area contributed by atoms with E-state index in [0.717, 1.165) is 66.3 Å². The summed E-state index contributed by atoms with van der Waals surface area (Å²) in [6.45, 7) is 1.92. The minimum Gasteiger partial charge on any atom is -0.224 e. The molecule has 0 aliphatic heterocycles. The summed E-state index contributed by atoms with van der Waals surface area (Å²) in [6, 6.07) is 25.6. The lowest BCUT2D eigenvalue weighted by molar-refractivity contribution is 0.600. The molecule has 0 fully saturated rings. The number of allylic oxidation sites excluding steroid dienone is 4. The molecule has 8 heteroatoms. The maximum atomic E-state index is 13.3. The van der Waals surface area contributed by atoms with E-state index in [1.54, 1.807) is 42.5 Å². The number of benzene rings is 4. The smallest absolute Gasteiger partial charge is 0.175 e. The lowest BCUT2D eigenvalue weighted by Gasteiger charge is -2.12. The normalized spacial score (nSPS) is 15.3. The number of halogens is 2. The van der Waals surface area contributed by atoms with Crippen molar-refractivity contribution >= 4 is 42.0 Å². The Morgan fingerprint density at radius 1 is 0.489 bits per heavy atom. The van der Waals surface area contributed by atoms with Crippen molar-refractivity contribution in [1.82, 2.24) is 0 Å². The van der Waals surface area contributed by atoms with Gasteiger partial charge in [-0.25, -0.2) is 25.6 Å². The van der Waals surface area contributed by atoms with Gasteiger partial charge in [-0.3, -0.25) is 0 Å². The highest BCUT2D eigenvalue weighted by Crippen LogP contribution is 2.41. The summed E-state index contributed by atoms with van der Waals surface area (Å²) in [4.78, 5) is 0.664. The molecule has 0 heterocycles. The highest BCUT2D eigenvalue weighted by atomic mass is 32.2. The molecule has 0 saturated carbocycles. The molecule has 4 aromatic carbocycles. The molecule has 0 unspecified atom stereocenters. The monoisotopic (exact) mass is 646 g/mol. The number of aryl methyl sites for hydroxylation is 1. The van der Waals surface area contributed by atoms with E-state index in [0.29, 0.717) is 9.79 Å². The second-order valence-corrected chi connectivity index (χ2v) is 15.7. The molecule has 0 bridgehead atoms. The van der Waals surface area contributed by atoms with E-state index in [9.17, 15) is 25.6 Å². The third kappa shape index (κ3) is 7.68. The van der Waals surface area contributed by atoms with Crippen molar-refractivity contribution in [2.45, 2.75) is 55.2 Å². The van der Waals surface area contributed by atoms with Gasteiger partial charge in [0.25, 0.3) is 0 Å². The van der Waals surface area contributed by atoms with Gasteiger partial charge in [0, 0.05) is 12.5 Å². The Balaban J connectivity index is 0.000000178. The molecule has 0 aromatic heterocycles. The van der Waals surface area contributed by atoms with E-state index in [1.165, 1.54) is 53.0 Å². The van der Waals surface area contributed by atoms with Crippen LogP contribution in [-0.4, -0.2) is 29.3 Å². The summed E-state index contributed by atoms with van der Waals surface area (Å²) in [6.07, 6.45) is 8.41. The molecule has 0 N–H and O–H groups in total. The van der Waals surface area contributed by atoms with Gasteiger partial charge in [-0.1, -0.05) is 42.5 Å². The second-order valence-electron chi connectivity index (χ2n) is 11.7. The predicted molar refractivity (Wildman–Crippen MR) is 178 cm³/mol. The average molecular weight is 647 g/mol. The summed E-state index contributed by atoms with van der Waals surface area (Å²) in [5, 5.41) is 0. The van der Waals surface area contributed by atoms with Gasteiger partial charge in [-0.2, -0.15) is 0 Å². The van der Waals surface area contributed by atoms with E-state index < -0.39 is 19.7 Å². The van der Waals surface area contributed by atoms with Crippen molar-refractivity contribution < 1.29 is 25.6 Å². The van der Waals surface area contributed by atoms with Crippen molar-refractivity contribution in [3.63, 3.8) is 0 Å². The van der Waals surface area contributed by atoms with Crippen LogP contribution in [0.2, 0.25) is 0 Å². The molecule has 2 aliphatic carbocycles. The fourth-order valence-electron chi connectivity index (χ4n) is 6.16. The Morgan fingerprint density at radius 3 is 1.24 bits per heavy atom. The summed E-state index contributed by atoms with van der Waals surface area (Å²) in [7, 11) is -6.35. The van der Waals surface area contributed by atoms with Crippen molar-refractivity contribution in [2.75, 3.05) is 12.5 Å². The number of rotatable bonds is 6. The van der Waals surface area contributed by atoms with E-state index in [2.05, 4.69) is 0 Å². The first kappa shape index (κ1) is 32.5. The SMILES string of the molecule is CS(=O)(=O)c1ccc(C2=C(c3ccc(F)cc3)CCC2)cc1.Cc1cc(F)ccc1C1=C(c2ccc(S(C)(=O)=O)cc2)CCC1. The lowest BCUT2D eigenvalue weighted by atomic mass is 9.94. The van der Waals surface area contributed by atoms with Gasteiger partial charge in [0.2, 0.25) is 0 Å². The van der Waals surface area contributed by atoms with Gasteiger partial charge in [0.15, 0.2) is 19.7 Å². The standard InChI is InChI=1S/C19H19FO2S.C18H17FO2S/c1-13-12-15(20)8-11-17(13)19-5-3-4-18(19)14-6-9-16(10-7-14)23(2,21)22;1-22(20,21)16-11-7-14(8-12-16)18-4-2-3-17(18)13-5-9-15(19)10-6-13/h6-12H,3-5H2,1-2H3;5-12H,2-4H2,1H3. The topological polar surface area (TPSA) is 68.3 Å². The number of hydrogen-bond acceptors (Lipinski definition) is 4. The number of hydrogen-bond donors (Lipinski definition) is 0. The largest absolute Gasteiger partial charge is 0.224 e. The van der Waals surface area contributed by atoms with Crippen LogP contribution in [-0.2, 0) is 19.7 Å². The molecule has 0 spiro atoms. The lowest BCUT2D eigenvalue weighted by Crippen LogP contribution is -1.97. The van der Waals surface area contributed by atoms with Crippen LogP contribution in [0.4, 0.5) is 8.78 Å². The van der Waals surface area contributed by atoms with Crippen LogP contribution in [0.25, 0.3) is 22.3 Å². The predicted octanol–water partition coefficient (Wildman–Crippen LogP) is 8.96. The first-order valence-electron chi connectivity index (χ1n) is 14.9. The highest BCUT2D eigenvalue weighted by molar-refractivity contribution is 7.91. The fourth-order valence-corrected chi connectivity index (χ4v) is 7.42. The van der Waals surface area contributed by atoms with Gasteiger partial charge in [0.1, 0.15) is 11.6 Å². The Kier molecular flexibility index (Phi) is 9.56. The van der Waals surface area contributed by atoms with Crippen LogP contribution in [0.15, 0.2) is 101 Å². The zero-order chi connectivity index (χ0) is 32.4. The molecular formula is C37H36F2O4S2. The van der Waals surface area contributed by atoms with E-state index in [1.807, 2.05) is 37.3 Å².